The van der Waals surface area contributed by atoms with E-state index in [1.807, 2.05) is 0 Å². The molecule has 0 saturated heterocycles. The van der Waals surface area contributed by atoms with Gasteiger partial charge in [0.15, 0.2) is 0 Å². The summed E-state index contributed by atoms with van der Waals surface area (Å²) in [5.41, 5.74) is 8.77. The zero-order valence-corrected chi connectivity index (χ0v) is 29.4. The second kappa shape index (κ2) is 13.5. The molecule has 0 unspecified atom stereocenters. The van der Waals surface area contributed by atoms with Crippen molar-refractivity contribution < 1.29 is 0 Å². The summed E-state index contributed by atoms with van der Waals surface area (Å²) in [5, 5.41) is 1.36. The molecule has 3 heteroatoms. The lowest BCUT2D eigenvalue weighted by molar-refractivity contribution is 0.963. The van der Waals surface area contributed by atoms with E-state index in [2.05, 4.69) is 204 Å². The minimum Gasteiger partial charge on any atom is -0.311 e. The molecule has 248 valence electrons. The molecular formula is C48H40N2S. The minimum atomic E-state index is -1.91. The second-order valence-electron chi connectivity index (χ2n) is 13.2. The third-order valence-corrected chi connectivity index (χ3v) is 14.1. The first-order valence-electron chi connectivity index (χ1n) is 18.0. The van der Waals surface area contributed by atoms with E-state index < -0.39 is 10.0 Å². The molecule has 0 radical (unpaired) electrons. The lowest BCUT2D eigenvalue weighted by Gasteiger charge is -2.42. The van der Waals surface area contributed by atoms with Crippen LogP contribution in [0.3, 0.4) is 0 Å². The van der Waals surface area contributed by atoms with Gasteiger partial charge < -0.3 is 9.47 Å². The van der Waals surface area contributed by atoms with Crippen LogP contribution in [0.1, 0.15) is 30.5 Å². The van der Waals surface area contributed by atoms with Crippen molar-refractivity contribution in [1.82, 2.24) is 4.57 Å². The van der Waals surface area contributed by atoms with Crippen LogP contribution in [-0.4, -0.2) is 4.57 Å². The van der Waals surface area contributed by atoms with Gasteiger partial charge in [-0.3, -0.25) is 0 Å². The van der Waals surface area contributed by atoms with Gasteiger partial charge in [-0.25, -0.2) is 0 Å². The highest BCUT2D eigenvalue weighted by atomic mass is 32.3. The molecular weight excluding hydrogens is 637 g/mol. The Labute approximate surface area is 302 Å². The Morgan fingerprint density at radius 1 is 0.471 bits per heavy atom. The topological polar surface area (TPSA) is 8.17 Å². The molecule has 0 bridgehead atoms. The Morgan fingerprint density at radius 3 is 1.59 bits per heavy atom. The van der Waals surface area contributed by atoms with Crippen molar-refractivity contribution in [2.75, 3.05) is 4.90 Å². The zero-order chi connectivity index (χ0) is 34.0. The summed E-state index contributed by atoms with van der Waals surface area (Å²) in [5.74, 6) is 0. The normalized spacial score (nSPS) is 14.2. The minimum absolute atomic E-state index is 1.07. The first kappa shape index (κ1) is 31.2. The number of fused-ring (bicyclic) bond motifs is 3. The molecule has 0 N–H and O–H groups in total. The van der Waals surface area contributed by atoms with Crippen molar-refractivity contribution in [3.8, 4) is 0 Å². The molecule has 51 heavy (non-hydrogen) atoms. The zero-order valence-electron chi connectivity index (χ0n) is 28.6. The summed E-state index contributed by atoms with van der Waals surface area (Å²) in [7, 11) is -1.91. The van der Waals surface area contributed by atoms with E-state index in [9.17, 15) is 0 Å². The van der Waals surface area contributed by atoms with Gasteiger partial charge in [0.2, 0.25) is 0 Å². The summed E-state index contributed by atoms with van der Waals surface area (Å²) in [6.45, 7) is 0. The quantitative estimate of drug-likeness (QED) is 0.156. The smallest absolute Gasteiger partial charge is 0.0548 e. The lowest BCUT2D eigenvalue weighted by atomic mass is 10.0. The van der Waals surface area contributed by atoms with Gasteiger partial charge in [-0.2, -0.15) is 0 Å². The highest BCUT2D eigenvalue weighted by Crippen LogP contribution is 2.73. The van der Waals surface area contributed by atoms with E-state index in [0.717, 1.165) is 42.7 Å². The van der Waals surface area contributed by atoms with Gasteiger partial charge in [0, 0.05) is 53.4 Å². The van der Waals surface area contributed by atoms with Crippen LogP contribution in [0.4, 0.5) is 17.1 Å². The van der Waals surface area contributed by atoms with Gasteiger partial charge in [-0.05, 0) is 128 Å². The van der Waals surface area contributed by atoms with Crippen LogP contribution >= 0.6 is 10.0 Å². The van der Waals surface area contributed by atoms with E-state index in [4.69, 9.17) is 0 Å². The molecule has 6 aromatic carbocycles. The molecule has 2 aliphatic rings. The van der Waals surface area contributed by atoms with Crippen LogP contribution in [0.15, 0.2) is 208 Å². The average Bonchev–Trinajstić information content (AvgIpc) is 3.55. The SMILES string of the molecule is C1=CC(n2c3c(c4ccc(S(c5ccccc5)(c5ccccc5)c5ccc(N(c6ccccc6)c6ccccc6)cc5)cc42)CCC=C3)=CCC1. The third-order valence-electron chi connectivity index (χ3n) is 10.2. The summed E-state index contributed by atoms with van der Waals surface area (Å²) in [6.07, 6.45) is 16.1. The molecule has 2 nitrogen and oxygen atoms in total. The Bertz CT molecular complexity index is 2310. The van der Waals surface area contributed by atoms with E-state index in [0.29, 0.717) is 0 Å². The molecule has 2 aliphatic carbocycles. The van der Waals surface area contributed by atoms with Gasteiger partial charge >= 0.3 is 0 Å². The fourth-order valence-corrected chi connectivity index (χ4v) is 11.8. The van der Waals surface area contributed by atoms with Crippen molar-refractivity contribution in [3.05, 3.63) is 199 Å². The predicted octanol–water partition coefficient (Wildman–Crippen LogP) is 13.6. The molecule has 0 amide bonds. The molecule has 0 fully saturated rings. The average molecular weight is 677 g/mol. The van der Waals surface area contributed by atoms with Crippen LogP contribution in [0.2, 0.25) is 0 Å². The molecule has 9 rings (SSSR count). The van der Waals surface area contributed by atoms with Gasteiger partial charge in [0.25, 0.3) is 0 Å². The summed E-state index contributed by atoms with van der Waals surface area (Å²) < 4.78 is 2.53. The van der Waals surface area contributed by atoms with Crippen molar-refractivity contribution in [1.29, 1.82) is 0 Å². The maximum atomic E-state index is 2.53. The van der Waals surface area contributed by atoms with Gasteiger partial charge in [-0.1, -0.05) is 97.1 Å². The standard InChI is InChI=1S/C48H40N2S/c1-6-18-37(19-7-1)49(38-20-8-2-9-21-38)40-30-32-43(33-31-40)51(41-24-12-4-13-25-41,42-26-14-5-15-27-42)44-34-35-46-45-28-16-17-29-47(45)50(48(46)36-44)39-22-10-3-11-23-39/h1-2,4-10,12-15,17-27,29-36H,3,11,16,28H2. The molecule has 0 saturated carbocycles. The Morgan fingerprint density at radius 2 is 1.00 bits per heavy atom. The van der Waals surface area contributed by atoms with Gasteiger partial charge in [0.1, 0.15) is 0 Å². The second-order valence-corrected chi connectivity index (χ2v) is 16.3. The number of aromatic nitrogens is 1. The van der Waals surface area contributed by atoms with Crippen LogP contribution in [0, 0.1) is 0 Å². The highest BCUT2D eigenvalue weighted by Gasteiger charge is 2.34. The first-order chi connectivity index (χ1) is 25.3. The number of aryl methyl sites for hydroxylation is 1. The van der Waals surface area contributed by atoms with Crippen molar-refractivity contribution in [2.45, 2.75) is 45.3 Å². The molecule has 0 aliphatic heterocycles. The van der Waals surface area contributed by atoms with E-state index in [-0.39, 0.29) is 0 Å². The molecule has 1 aromatic heterocycles. The number of benzene rings is 6. The third kappa shape index (κ3) is 5.46. The van der Waals surface area contributed by atoms with Crippen molar-refractivity contribution in [2.24, 2.45) is 0 Å². The number of hydrogen-bond acceptors (Lipinski definition) is 1. The number of para-hydroxylation sites is 2. The molecule has 7 aromatic rings. The fraction of sp³-hybridized carbons (Fsp3) is 0.0833. The Kier molecular flexibility index (Phi) is 8.27. The molecule has 1 heterocycles. The largest absolute Gasteiger partial charge is 0.311 e. The van der Waals surface area contributed by atoms with Gasteiger partial charge in [0.05, 0.1) is 5.52 Å². The first-order valence-corrected chi connectivity index (χ1v) is 19.6. The Hall–Kier alpha value is -5.77. The number of nitrogens with zero attached hydrogens (tertiary/aromatic N) is 2. The maximum Gasteiger partial charge on any atom is 0.0548 e. The Balaban J connectivity index is 1.30. The number of allylic oxidation sites excluding steroid dienone is 5. The fourth-order valence-electron chi connectivity index (χ4n) is 7.92. The number of anilines is 3. The van der Waals surface area contributed by atoms with E-state index in [1.165, 1.54) is 47.4 Å². The number of hydrogen-bond donors (Lipinski definition) is 0. The number of rotatable bonds is 8. The summed E-state index contributed by atoms with van der Waals surface area (Å²) >= 11 is 0. The van der Waals surface area contributed by atoms with Crippen LogP contribution in [-0.2, 0) is 6.42 Å². The molecule has 0 atom stereocenters. The highest BCUT2D eigenvalue weighted by molar-refractivity contribution is 8.34. The molecule has 0 spiro atoms. The van der Waals surface area contributed by atoms with Crippen LogP contribution in [0.5, 0.6) is 0 Å². The van der Waals surface area contributed by atoms with E-state index in [1.54, 1.807) is 0 Å². The van der Waals surface area contributed by atoms with Crippen LogP contribution < -0.4 is 4.90 Å². The predicted molar refractivity (Wildman–Crippen MR) is 217 cm³/mol. The van der Waals surface area contributed by atoms with Crippen molar-refractivity contribution in [3.63, 3.8) is 0 Å². The monoisotopic (exact) mass is 676 g/mol. The van der Waals surface area contributed by atoms with Crippen LogP contribution in [0.25, 0.3) is 22.7 Å². The maximum absolute atomic E-state index is 2.53. The van der Waals surface area contributed by atoms with E-state index >= 15 is 0 Å². The van der Waals surface area contributed by atoms with Crippen molar-refractivity contribution >= 4 is 49.8 Å². The van der Waals surface area contributed by atoms with Gasteiger partial charge in [-0.15, -0.1) is 10.0 Å². The summed E-state index contributed by atoms with van der Waals surface area (Å²) in [6, 6.07) is 60.5. The lowest BCUT2D eigenvalue weighted by Crippen LogP contribution is -2.10. The summed E-state index contributed by atoms with van der Waals surface area (Å²) in [4.78, 5) is 7.64.